The largest absolute Gasteiger partial charge is 0.508 e. The number of phenols is 1. The predicted molar refractivity (Wildman–Crippen MR) is 152 cm³/mol. The lowest BCUT2D eigenvalue weighted by molar-refractivity contribution is 0.448. The normalized spacial score (nSPS) is 16.7. The van der Waals surface area contributed by atoms with E-state index in [-0.39, 0.29) is 0 Å². The maximum absolute atomic E-state index is 9.18. The molecule has 2 aromatic carbocycles. The highest BCUT2D eigenvalue weighted by Gasteiger charge is 2.23. The van der Waals surface area contributed by atoms with Crippen LogP contribution >= 0.6 is 23.1 Å². The van der Waals surface area contributed by atoms with Crippen molar-refractivity contribution in [2.45, 2.75) is 70.6 Å². The lowest BCUT2D eigenvalue weighted by Gasteiger charge is -2.09. The van der Waals surface area contributed by atoms with Gasteiger partial charge in [-0.25, -0.2) is 4.98 Å². The summed E-state index contributed by atoms with van der Waals surface area (Å²) in [5, 5.41) is 12.6. The smallest absolute Gasteiger partial charge is 0.115 e. The minimum Gasteiger partial charge on any atom is -0.508 e. The summed E-state index contributed by atoms with van der Waals surface area (Å²) in [5.74, 6) is 2.22. The van der Waals surface area contributed by atoms with Gasteiger partial charge in [0.25, 0.3) is 0 Å². The van der Waals surface area contributed by atoms with Gasteiger partial charge in [-0.2, -0.15) is 0 Å². The third-order valence-electron chi connectivity index (χ3n) is 6.19. The highest BCUT2D eigenvalue weighted by Crippen LogP contribution is 2.36. The lowest BCUT2D eigenvalue weighted by Crippen LogP contribution is -1.99. The third-order valence-corrected chi connectivity index (χ3v) is 7.76. The van der Waals surface area contributed by atoms with E-state index in [1.54, 1.807) is 35.2 Å². The van der Waals surface area contributed by atoms with Crippen LogP contribution in [0.4, 0.5) is 0 Å². The number of thioether (sulfide) groups is 1. The van der Waals surface area contributed by atoms with Crippen LogP contribution in [0.15, 0.2) is 71.5 Å². The molecule has 4 rings (SSSR count). The molecule has 1 fully saturated rings. The molecule has 1 aliphatic rings. The van der Waals surface area contributed by atoms with Crippen molar-refractivity contribution in [3.63, 3.8) is 0 Å². The number of thiazole rings is 1. The fourth-order valence-corrected chi connectivity index (χ4v) is 5.42. The van der Waals surface area contributed by atoms with Gasteiger partial charge in [0.1, 0.15) is 5.75 Å². The summed E-state index contributed by atoms with van der Waals surface area (Å²) in [4.78, 5) is 5.81. The molecule has 2 unspecified atom stereocenters. The van der Waals surface area contributed by atoms with E-state index in [0.717, 1.165) is 17.4 Å². The molecule has 0 spiro atoms. The van der Waals surface area contributed by atoms with Crippen LogP contribution in [0.3, 0.4) is 0 Å². The van der Waals surface area contributed by atoms with Crippen molar-refractivity contribution in [2.75, 3.05) is 6.26 Å². The van der Waals surface area contributed by atoms with Crippen molar-refractivity contribution in [1.82, 2.24) is 4.98 Å². The standard InChI is InChI=1S/C15H23NS.C13H12OS.C2H6/c1-3-4-5-13-6-7-14(10-13)8-9-15-11-17-12(2)16-15;1-15-13-8-4-11(5-9-13)10-2-6-12(14)7-3-10;1-2/h3,11,13-14H,1,4-10H2,2H3;2-9,14H,1H3;1-2H3. The van der Waals surface area contributed by atoms with E-state index in [0.29, 0.717) is 5.75 Å². The van der Waals surface area contributed by atoms with Crippen LogP contribution in [0.25, 0.3) is 11.1 Å². The maximum atomic E-state index is 9.18. The molecule has 0 saturated heterocycles. The molecule has 1 heterocycles. The van der Waals surface area contributed by atoms with Crippen LogP contribution < -0.4 is 0 Å². The first-order valence-electron chi connectivity index (χ1n) is 12.5. The molecule has 0 bridgehead atoms. The van der Waals surface area contributed by atoms with E-state index >= 15 is 0 Å². The average Bonchev–Trinajstić information content (AvgIpc) is 3.52. The van der Waals surface area contributed by atoms with Crippen LogP contribution in [0.1, 0.15) is 63.1 Å². The number of allylic oxidation sites excluding steroid dienone is 1. The van der Waals surface area contributed by atoms with E-state index in [1.165, 1.54) is 66.1 Å². The number of aromatic hydroxyl groups is 1. The van der Waals surface area contributed by atoms with Gasteiger partial charge in [0.15, 0.2) is 0 Å². The summed E-state index contributed by atoms with van der Waals surface area (Å²) < 4.78 is 0. The molecule has 4 heteroatoms. The molecule has 1 N–H and O–H groups in total. The number of hydrogen-bond acceptors (Lipinski definition) is 4. The Bertz CT molecular complexity index is 947. The SMILES string of the molecule is C=CCCC1CCC(CCc2csc(C)n2)C1.CC.CSc1ccc(-c2ccc(O)cc2)cc1. The third kappa shape index (κ3) is 9.68. The van der Waals surface area contributed by atoms with Crippen LogP contribution in [0.5, 0.6) is 5.75 Å². The first-order valence-corrected chi connectivity index (χ1v) is 14.6. The van der Waals surface area contributed by atoms with Gasteiger partial charge in [0, 0.05) is 10.3 Å². The summed E-state index contributed by atoms with van der Waals surface area (Å²) in [6.45, 7) is 9.90. The van der Waals surface area contributed by atoms with Gasteiger partial charge in [0.05, 0.1) is 10.7 Å². The minimum atomic E-state index is 0.305. The Hall–Kier alpha value is -2.04. The molecule has 184 valence electrons. The van der Waals surface area contributed by atoms with E-state index in [2.05, 4.69) is 60.5 Å². The van der Waals surface area contributed by atoms with Crippen molar-refractivity contribution >= 4 is 23.1 Å². The summed E-state index contributed by atoms with van der Waals surface area (Å²) >= 11 is 3.51. The zero-order valence-corrected chi connectivity index (χ0v) is 22.9. The molecule has 0 aliphatic heterocycles. The van der Waals surface area contributed by atoms with Crippen LogP contribution in [0.2, 0.25) is 0 Å². The molecule has 2 nitrogen and oxygen atoms in total. The Morgan fingerprint density at radius 2 is 1.59 bits per heavy atom. The zero-order valence-electron chi connectivity index (χ0n) is 21.3. The second-order valence-electron chi connectivity index (χ2n) is 8.58. The Morgan fingerprint density at radius 1 is 1.00 bits per heavy atom. The van der Waals surface area contributed by atoms with Gasteiger partial charge >= 0.3 is 0 Å². The fourth-order valence-electron chi connectivity index (χ4n) is 4.37. The Labute approximate surface area is 215 Å². The Kier molecular flexibility index (Phi) is 13.1. The number of rotatable bonds is 8. The van der Waals surface area contributed by atoms with E-state index < -0.39 is 0 Å². The van der Waals surface area contributed by atoms with Gasteiger partial charge in [-0.15, -0.1) is 29.7 Å². The molecule has 3 aromatic rings. The summed E-state index contributed by atoms with van der Waals surface area (Å²) in [6, 6.07) is 15.7. The molecule has 1 aromatic heterocycles. The first-order chi connectivity index (χ1) is 16.6. The predicted octanol–water partition coefficient (Wildman–Crippen LogP) is 9.57. The lowest BCUT2D eigenvalue weighted by atomic mass is 9.97. The Morgan fingerprint density at radius 3 is 2.12 bits per heavy atom. The van der Waals surface area contributed by atoms with Gasteiger partial charge in [-0.05, 0) is 92.5 Å². The zero-order chi connectivity index (χ0) is 24.8. The molecular weight excluding hydrogens is 454 g/mol. The van der Waals surface area contributed by atoms with Gasteiger partial charge < -0.3 is 5.11 Å². The van der Waals surface area contributed by atoms with E-state index in [4.69, 9.17) is 0 Å². The number of phenolic OH excluding ortho intramolecular Hbond substituents is 1. The highest BCUT2D eigenvalue weighted by molar-refractivity contribution is 7.98. The highest BCUT2D eigenvalue weighted by atomic mass is 32.2. The number of hydrogen-bond donors (Lipinski definition) is 1. The number of aromatic nitrogens is 1. The maximum Gasteiger partial charge on any atom is 0.115 e. The molecule has 1 aliphatic carbocycles. The fraction of sp³-hybridized carbons (Fsp3) is 0.433. The number of aryl methyl sites for hydroxylation is 2. The van der Waals surface area contributed by atoms with Crippen molar-refractivity contribution in [3.05, 3.63) is 77.3 Å². The van der Waals surface area contributed by atoms with Gasteiger partial charge in [0.2, 0.25) is 0 Å². The van der Waals surface area contributed by atoms with Crippen molar-refractivity contribution < 1.29 is 5.11 Å². The number of benzene rings is 2. The van der Waals surface area contributed by atoms with Crippen LogP contribution in [0, 0.1) is 18.8 Å². The molecule has 34 heavy (non-hydrogen) atoms. The average molecular weight is 496 g/mol. The van der Waals surface area contributed by atoms with Gasteiger partial charge in [-0.3, -0.25) is 0 Å². The summed E-state index contributed by atoms with van der Waals surface area (Å²) in [7, 11) is 0. The first kappa shape index (κ1) is 28.2. The van der Waals surface area contributed by atoms with Crippen molar-refractivity contribution in [2.24, 2.45) is 11.8 Å². The molecule has 0 radical (unpaired) electrons. The second kappa shape index (κ2) is 15.8. The molecule has 0 amide bonds. The molecular formula is C30H41NOS2. The van der Waals surface area contributed by atoms with Gasteiger partial charge in [-0.1, -0.05) is 57.0 Å². The van der Waals surface area contributed by atoms with Crippen molar-refractivity contribution in [1.29, 1.82) is 0 Å². The van der Waals surface area contributed by atoms with E-state index in [1.807, 2.05) is 26.0 Å². The second-order valence-corrected chi connectivity index (χ2v) is 10.5. The summed E-state index contributed by atoms with van der Waals surface area (Å²) in [5.41, 5.74) is 3.61. The minimum absolute atomic E-state index is 0.305. The topological polar surface area (TPSA) is 33.1 Å². The number of nitrogens with zero attached hydrogens (tertiary/aromatic N) is 1. The van der Waals surface area contributed by atoms with E-state index in [9.17, 15) is 5.11 Å². The Balaban J connectivity index is 0.000000225. The van der Waals surface area contributed by atoms with Crippen molar-refractivity contribution in [3.8, 4) is 16.9 Å². The van der Waals surface area contributed by atoms with Crippen LogP contribution in [-0.2, 0) is 6.42 Å². The quantitative estimate of drug-likeness (QED) is 0.249. The van der Waals surface area contributed by atoms with Crippen LogP contribution in [-0.4, -0.2) is 16.3 Å². The molecule has 2 atom stereocenters. The molecule has 1 saturated carbocycles. The summed E-state index contributed by atoms with van der Waals surface area (Å²) in [6.07, 6.45) is 13.5. The monoisotopic (exact) mass is 495 g/mol.